The van der Waals surface area contributed by atoms with Gasteiger partial charge in [0.25, 0.3) is 0 Å². The largest absolute Gasteiger partial charge is 0.388 e. The van der Waals surface area contributed by atoms with Gasteiger partial charge in [0.1, 0.15) is 0 Å². The van der Waals surface area contributed by atoms with Crippen LogP contribution in [0.25, 0.3) is 0 Å². The summed E-state index contributed by atoms with van der Waals surface area (Å²) >= 11 is 0. The topological polar surface area (TPSA) is 75.4 Å². The molecular weight excluding hydrogens is 204 g/mol. The second kappa shape index (κ2) is 7.63. The molecule has 0 saturated carbocycles. The zero-order chi connectivity index (χ0) is 12.6. The fourth-order valence-electron chi connectivity index (χ4n) is 1.55. The van der Waals surface area contributed by atoms with Gasteiger partial charge in [-0.15, -0.1) is 0 Å². The number of hydrogen-bond donors (Lipinski definition) is 3. The van der Waals surface area contributed by atoms with Crippen molar-refractivity contribution in [2.75, 3.05) is 6.54 Å². The zero-order valence-electron chi connectivity index (χ0n) is 10.8. The Morgan fingerprint density at radius 3 is 2.38 bits per heavy atom. The minimum atomic E-state index is -0.773. The molecule has 0 aliphatic carbocycles. The lowest BCUT2D eigenvalue weighted by Crippen LogP contribution is -2.43. The first kappa shape index (κ1) is 15.4. The van der Waals surface area contributed by atoms with Crippen molar-refractivity contribution in [1.82, 2.24) is 5.32 Å². The molecule has 0 heterocycles. The second-order valence-corrected chi connectivity index (χ2v) is 4.46. The predicted molar refractivity (Wildman–Crippen MR) is 66.0 cm³/mol. The fraction of sp³-hybridized carbons (Fsp3) is 0.917. The maximum atomic E-state index is 11.5. The van der Waals surface area contributed by atoms with Crippen LogP contribution in [0, 0.1) is 0 Å². The molecule has 1 amide bonds. The Morgan fingerprint density at radius 1 is 1.38 bits per heavy atom. The van der Waals surface area contributed by atoms with Gasteiger partial charge in [-0.2, -0.15) is 0 Å². The lowest BCUT2D eigenvalue weighted by atomic mass is 9.97. The highest BCUT2D eigenvalue weighted by Gasteiger charge is 2.22. The maximum Gasteiger partial charge on any atom is 0.221 e. The van der Waals surface area contributed by atoms with Crippen molar-refractivity contribution in [3.63, 3.8) is 0 Å². The van der Waals surface area contributed by atoms with Crippen molar-refractivity contribution in [1.29, 1.82) is 0 Å². The summed E-state index contributed by atoms with van der Waals surface area (Å²) in [5, 5.41) is 12.7. The van der Waals surface area contributed by atoms with Gasteiger partial charge in [0.05, 0.1) is 5.60 Å². The molecule has 1 unspecified atom stereocenters. The molecule has 96 valence electrons. The standard InChI is InChI=1S/C12H26N2O2/c1-4-7-10(13)8-11(15)14-9-12(16,5-2)6-3/h10,16H,4-9,13H2,1-3H3,(H,14,15). The third-order valence-electron chi connectivity index (χ3n) is 3.04. The summed E-state index contributed by atoms with van der Waals surface area (Å²) in [7, 11) is 0. The van der Waals surface area contributed by atoms with Gasteiger partial charge < -0.3 is 16.2 Å². The highest BCUT2D eigenvalue weighted by molar-refractivity contribution is 5.76. The van der Waals surface area contributed by atoms with Gasteiger partial charge in [-0.3, -0.25) is 4.79 Å². The van der Waals surface area contributed by atoms with Crippen molar-refractivity contribution in [2.45, 2.75) is 64.5 Å². The molecule has 4 nitrogen and oxygen atoms in total. The third kappa shape index (κ3) is 6.08. The van der Waals surface area contributed by atoms with E-state index in [-0.39, 0.29) is 11.9 Å². The normalized spacial score (nSPS) is 13.6. The molecule has 0 rings (SSSR count). The summed E-state index contributed by atoms with van der Waals surface area (Å²) in [6, 6.07) is -0.0682. The van der Waals surface area contributed by atoms with E-state index in [0.29, 0.717) is 25.8 Å². The Morgan fingerprint density at radius 2 is 1.94 bits per heavy atom. The molecule has 0 spiro atoms. The van der Waals surface area contributed by atoms with E-state index >= 15 is 0 Å². The third-order valence-corrected chi connectivity index (χ3v) is 3.04. The van der Waals surface area contributed by atoms with Gasteiger partial charge >= 0.3 is 0 Å². The predicted octanol–water partition coefficient (Wildman–Crippen LogP) is 1.17. The second-order valence-electron chi connectivity index (χ2n) is 4.46. The van der Waals surface area contributed by atoms with Gasteiger partial charge in [0.15, 0.2) is 0 Å². The van der Waals surface area contributed by atoms with E-state index in [1.165, 1.54) is 0 Å². The molecule has 0 aromatic heterocycles. The molecule has 0 aromatic rings. The lowest BCUT2D eigenvalue weighted by molar-refractivity contribution is -0.122. The monoisotopic (exact) mass is 230 g/mol. The van der Waals surface area contributed by atoms with Crippen LogP contribution in [0.4, 0.5) is 0 Å². The van der Waals surface area contributed by atoms with Crippen molar-refractivity contribution in [3.05, 3.63) is 0 Å². The number of hydrogen-bond acceptors (Lipinski definition) is 3. The quantitative estimate of drug-likeness (QED) is 0.586. The van der Waals surface area contributed by atoms with Gasteiger partial charge in [-0.25, -0.2) is 0 Å². The van der Waals surface area contributed by atoms with Crippen LogP contribution in [-0.4, -0.2) is 29.2 Å². The van der Waals surface area contributed by atoms with E-state index in [9.17, 15) is 9.90 Å². The van der Waals surface area contributed by atoms with E-state index in [1.54, 1.807) is 0 Å². The Hall–Kier alpha value is -0.610. The average molecular weight is 230 g/mol. The Kier molecular flexibility index (Phi) is 7.34. The van der Waals surface area contributed by atoms with E-state index in [1.807, 2.05) is 20.8 Å². The smallest absolute Gasteiger partial charge is 0.221 e. The molecule has 16 heavy (non-hydrogen) atoms. The molecule has 0 fully saturated rings. The number of carbonyl (C=O) groups excluding carboxylic acids is 1. The average Bonchev–Trinajstić information content (AvgIpc) is 2.26. The van der Waals surface area contributed by atoms with Crippen molar-refractivity contribution in [2.24, 2.45) is 5.73 Å². The number of nitrogens with two attached hydrogens (primary N) is 1. The highest BCUT2D eigenvalue weighted by atomic mass is 16.3. The van der Waals surface area contributed by atoms with Crippen LogP contribution >= 0.6 is 0 Å². The highest BCUT2D eigenvalue weighted by Crippen LogP contribution is 2.12. The number of aliphatic hydroxyl groups is 1. The van der Waals surface area contributed by atoms with Crippen LogP contribution in [0.2, 0.25) is 0 Å². The summed E-state index contributed by atoms with van der Waals surface area (Å²) in [6.07, 6.45) is 3.48. The van der Waals surface area contributed by atoms with E-state index in [2.05, 4.69) is 5.32 Å². The SMILES string of the molecule is CCCC(N)CC(=O)NCC(O)(CC)CC. The number of rotatable bonds is 8. The molecule has 4 heteroatoms. The van der Waals surface area contributed by atoms with Gasteiger partial charge in [0, 0.05) is 19.0 Å². The number of nitrogens with one attached hydrogen (secondary N) is 1. The van der Waals surface area contributed by atoms with Crippen LogP contribution in [-0.2, 0) is 4.79 Å². The molecule has 1 atom stereocenters. The summed E-state index contributed by atoms with van der Waals surface area (Å²) in [5.74, 6) is -0.0683. The first-order valence-electron chi connectivity index (χ1n) is 6.22. The van der Waals surface area contributed by atoms with Crippen molar-refractivity contribution < 1.29 is 9.90 Å². The summed E-state index contributed by atoms with van der Waals surface area (Å²) < 4.78 is 0. The van der Waals surface area contributed by atoms with Crippen LogP contribution in [0.5, 0.6) is 0 Å². The zero-order valence-corrected chi connectivity index (χ0v) is 10.8. The van der Waals surface area contributed by atoms with Crippen LogP contribution < -0.4 is 11.1 Å². The van der Waals surface area contributed by atoms with Gasteiger partial charge in [-0.1, -0.05) is 27.2 Å². The van der Waals surface area contributed by atoms with E-state index < -0.39 is 5.60 Å². The summed E-state index contributed by atoms with van der Waals surface area (Å²) in [5.41, 5.74) is 4.99. The molecule has 0 radical (unpaired) electrons. The molecule has 0 aromatic carbocycles. The lowest BCUT2D eigenvalue weighted by Gasteiger charge is -2.25. The maximum absolute atomic E-state index is 11.5. The summed E-state index contributed by atoms with van der Waals surface area (Å²) in [6.45, 7) is 6.19. The summed E-state index contributed by atoms with van der Waals surface area (Å²) in [4.78, 5) is 11.5. The molecule has 4 N–H and O–H groups in total. The first-order valence-corrected chi connectivity index (χ1v) is 6.22. The number of amides is 1. The molecule has 0 bridgehead atoms. The van der Waals surface area contributed by atoms with E-state index in [4.69, 9.17) is 5.73 Å². The minimum Gasteiger partial charge on any atom is -0.388 e. The van der Waals surface area contributed by atoms with Gasteiger partial charge in [0.2, 0.25) is 5.91 Å². The van der Waals surface area contributed by atoms with Crippen LogP contribution in [0.15, 0.2) is 0 Å². The van der Waals surface area contributed by atoms with Crippen molar-refractivity contribution >= 4 is 5.91 Å². The number of carbonyl (C=O) groups is 1. The molecular formula is C12H26N2O2. The Labute approximate surface area is 98.6 Å². The fourth-order valence-corrected chi connectivity index (χ4v) is 1.55. The minimum absolute atomic E-state index is 0.0682. The molecule has 0 aliphatic heterocycles. The Balaban J connectivity index is 3.88. The van der Waals surface area contributed by atoms with E-state index in [0.717, 1.165) is 12.8 Å². The van der Waals surface area contributed by atoms with Crippen LogP contribution in [0.3, 0.4) is 0 Å². The van der Waals surface area contributed by atoms with Crippen LogP contribution in [0.1, 0.15) is 52.9 Å². The van der Waals surface area contributed by atoms with Gasteiger partial charge in [-0.05, 0) is 19.3 Å². The molecule has 0 aliphatic rings. The Bertz CT molecular complexity index is 203. The van der Waals surface area contributed by atoms with Crippen molar-refractivity contribution in [3.8, 4) is 0 Å². The first-order chi connectivity index (χ1) is 7.47. The molecule has 0 saturated heterocycles.